The van der Waals surface area contributed by atoms with Crippen LogP contribution in [0, 0.1) is 6.92 Å². The zero-order valence-corrected chi connectivity index (χ0v) is 15.9. The van der Waals surface area contributed by atoms with E-state index in [2.05, 4.69) is 44.0 Å². The summed E-state index contributed by atoms with van der Waals surface area (Å²) in [5.74, 6) is 0.895. The van der Waals surface area contributed by atoms with Crippen molar-refractivity contribution in [2.75, 3.05) is 55.3 Å². The van der Waals surface area contributed by atoms with Gasteiger partial charge in [-0.25, -0.2) is 9.97 Å². The number of aromatic nitrogens is 2. The second-order valence-corrected chi connectivity index (χ2v) is 6.65. The van der Waals surface area contributed by atoms with Crippen molar-refractivity contribution in [1.29, 1.82) is 0 Å². The molecule has 1 fully saturated rings. The van der Waals surface area contributed by atoms with Gasteiger partial charge < -0.3 is 20.4 Å². The van der Waals surface area contributed by atoms with E-state index in [-0.39, 0.29) is 5.91 Å². The molecule has 7 heteroatoms. The van der Waals surface area contributed by atoms with E-state index in [1.165, 1.54) is 5.69 Å². The van der Waals surface area contributed by atoms with Crippen LogP contribution in [0.25, 0.3) is 0 Å². The molecule has 2 N–H and O–H groups in total. The summed E-state index contributed by atoms with van der Waals surface area (Å²) in [6.07, 6.45) is 1.74. The van der Waals surface area contributed by atoms with Gasteiger partial charge in [0.05, 0.1) is 0 Å². The van der Waals surface area contributed by atoms with Crippen LogP contribution in [0.5, 0.6) is 0 Å². The van der Waals surface area contributed by atoms with Crippen LogP contribution in [0.1, 0.15) is 16.3 Å². The number of nitrogens with zero attached hydrogens (tertiary/aromatic N) is 4. The Morgan fingerprint density at radius 1 is 1.19 bits per heavy atom. The number of aryl methyl sites for hydroxylation is 1. The second-order valence-electron chi connectivity index (χ2n) is 6.65. The number of hydrogen-bond acceptors (Lipinski definition) is 6. The lowest BCUT2D eigenvalue weighted by Crippen LogP contribution is -2.44. The largest absolute Gasteiger partial charge is 0.369 e. The van der Waals surface area contributed by atoms with E-state index in [0.717, 1.165) is 31.9 Å². The maximum atomic E-state index is 12.5. The topological polar surface area (TPSA) is 73.4 Å². The Balaban J connectivity index is 1.65. The molecule has 1 aliphatic heterocycles. The summed E-state index contributed by atoms with van der Waals surface area (Å²) in [6.45, 7) is 10.2. The fraction of sp³-hybridized carbons (Fsp3) is 0.350. The Bertz CT molecular complexity index is 797. The number of anilines is 3. The number of carbonyl (C=O) groups excluding carboxylic acids is 1. The molecule has 1 saturated heterocycles. The van der Waals surface area contributed by atoms with Gasteiger partial charge in [0.15, 0.2) is 0 Å². The van der Waals surface area contributed by atoms with E-state index in [1.54, 1.807) is 19.1 Å². The van der Waals surface area contributed by atoms with Gasteiger partial charge in [-0.2, -0.15) is 0 Å². The van der Waals surface area contributed by atoms with Crippen molar-refractivity contribution >= 4 is 23.1 Å². The molecule has 0 spiro atoms. The number of likely N-dealkylation sites (N-methyl/N-ethyl adjacent to an activating group) is 1. The van der Waals surface area contributed by atoms with Gasteiger partial charge in [0.2, 0.25) is 0 Å². The van der Waals surface area contributed by atoms with E-state index in [0.29, 0.717) is 23.9 Å². The zero-order valence-electron chi connectivity index (χ0n) is 15.9. The predicted molar refractivity (Wildman–Crippen MR) is 110 cm³/mol. The molecule has 2 heterocycles. The van der Waals surface area contributed by atoms with E-state index >= 15 is 0 Å². The number of amides is 1. The van der Waals surface area contributed by atoms with Crippen LogP contribution >= 0.6 is 0 Å². The summed E-state index contributed by atoms with van der Waals surface area (Å²) in [6, 6.07) is 9.59. The standard InChI is InChI=1S/C20H26N6O/c1-4-9-21-19-14-18(22-15(2)23-19)20(27)24-16-5-7-17(8-6-16)26-12-10-25(3)11-13-26/h4-8,14H,1,9-13H2,2-3H3,(H,24,27)(H,21,22,23). The van der Waals surface area contributed by atoms with Gasteiger partial charge in [-0.15, -0.1) is 6.58 Å². The summed E-state index contributed by atoms with van der Waals surface area (Å²) >= 11 is 0. The minimum absolute atomic E-state index is 0.255. The number of piperazine rings is 1. The third kappa shape index (κ3) is 5.04. The third-order valence-electron chi connectivity index (χ3n) is 4.49. The molecule has 1 amide bonds. The summed E-state index contributed by atoms with van der Waals surface area (Å²) in [4.78, 5) is 25.7. The fourth-order valence-corrected chi connectivity index (χ4v) is 2.97. The van der Waals surface area contributed by atoms with Gasteiger partial charge in [0.25, 0.3) is 5.91 Å². The SMILES string of the molecule is C=CCNc1cc(C(=O)Nc2ccc(N3CCN(C)CC3)cc2)nc(C)n1. The third-order valence-corrected chi connectivity index (χ3v) is 4.49. The summed E-state index contributed by atoms with van der Waals surface area (Å²) in [7, 11) is 2.14. The lowest BCUT2D eigenvalue weighted by molar-refractivity contribution is 0.102. The average Bonchev–Trinajstić information content (AvgIpc) is 2.67. The summed E-state index contributed by atoms with van der Waals surface area (Å²) in [5.41, 5.74) is 2.25. The van der Waals surface area contributed by atoms with Crippen molar-refractivity contribution in [2.24, 2.45) is 0 Å². The van der Waals surface area contributed by atoms with Gasteiger partial charge in [0, 0.05) is 50.2 Å². The van der Waals surface area contributed by atoms with E-state index in [1.807, 2.05) is 24.3 Å². The summed E-state index contributed by atoms with van der Waals surface area (Å²) in [5, 5.41) is 5.99. The molecule has 27 heavy (non-hydrogen) atoms. The molecule has 0 aliphatic carbocycles. The Hall–Kier alpha value is -2.93. The molecule has 0 saturated carbocycles. The highest BCUT2D eigenvalue weighted by Crippen LogP contribution is 2.20. The maximum absolute atomic E-state index is 12.5. The number of hydrogen-bond donors (Lipinski definition) is 2. The Morgan fingerprint density at radius 3 is 2.56 bits per heavy atom. The number of rotatable bonds is 6. The van der Waals surface area contributed by atoms with Crippen LogP contribution in [0.2, 0.25) is 0 Å². The molecule has 142 valence electrons. The molecule has 0 atom stereocenters. The first-order valence-electron chi connectivity index (χ1n) is 9.10. The maximum Gasteiger partial charge on any atom is 0.274 e. The molecule has 2 aromatic rings. The molecule has 3 rings (SSSR count). The van der Waals surface area contributed by atoms with Crippen LogP contribution < -0.4 is 15.5 Å². The van der Waals surface area contributed by atoms with Crippen molar-refractivity contribution in [3.63, 3.8) is 0 Å². The monoisotopic (exact) mass is 366 g/mol. The lowest BCUT2D eigenvalue weighted by atomic mass is 10.2. The summed E-state index contributed by atoms with van der Waals surface area (Å²) < 4.78 is 0. The van der Waals surface area contributed by atoms with Crippen LogP contribution in [0.4, 0.5) is 17.2 Å². The smallest absolute Gasteiger partial charge is 0.274 e. The van der Waals surface area contributed by atoms with Crippen molar-refractivity contribution in [3.8, 4) is 0 Å². The number of benzene rings is 1. The highest BCUT2D eigenvalue weighted by atomic mass is 16.1. The second kappa shape index (κ2) is 8.64. The molecule has 1 aromatic carbocycles. The van der Waals surface area contributed by atoms with Gasteiger partial charge >= 0.3 is 0 Å². The van der Waals surface area contributed by atoms with Crippen LogP contribution in [0.15, 0.2) is 43.0 Å². The first-order valence-corrected chi connectivity index (χ1v) is 9.10. The van der Waals surface area contributed by atoms with Crippen LogP contribution in [0.3, 0.4) is 0 Å². The van der Waals surface area contributed by atoms with E-state index in [4.69, 9.17) is 0 Å². The lowest BCUT2D eigenvalue weighted by Gasteiger charge is -2.34. The van der Waals surface area contributed by atoms with Gasteiger partial charge in [-0.05, 0) is 38.2 Å². The number of nitrogens with one attached hydrogen (secondary N) is 2. The number of carbonyl (C=O) groups is 1. The van der Waals surface area contributed by atoms with Crippen LogP contribution in [-0.4, -0.2) is 60.5 Å². The van der Waals surface area contributed by atoms with Gasteiger partial charge in [0.1, 0.15) is 17.3 Å². The molecular weight excluding hydrogens is 340 g/mol. The molecule has 0 radical (unpaired) electrons. The van der Waals surface area contributed by atoms with E-state index < -0.39 is 0 Å². The molecule has 0 bridgehead atoms. The molecular formula is C20H26N6O. The molecule has 7 nitrogen and oxygen atoms in total. The highest BCUT2D eigenvalue weighted by molar-refractivity contribution is 6.03. The van der Waals surface area contributed by atoms with Crippen molar-refractivity contribution in [2.45, 2.75) is 6.92 Å². The fourth-order valence-electron chi connectivity index (χ4n) is 2.97. The Kier molecular flexibility index (Phi) is 6.03. The predicted octanol–water partition coefficient (Wildman–Crippen LogP) is 2.39. The first-order chi connectivity index (χ1) is 13.0. The normalized spacial score (nSPS) is 14.7. The minimum atomic E-state index is -0.255. The van der Waals surface area contributed by atoms with Crippen molar-refractivity contribution < 1.29 is 4.79 Å². The van der Waals surface area contributed by atoms with Crippen molar-refractivity contribution in [3.05, 3.63) is 54.5 Å². The highest BCUT2D eigenvalue weighted by Gasteiger charge is 2.15. The molecule has 0 unspecified atom stereocenters. The van der Waals surface area contributed by atoms with Crippen molar-refractivity contribution in [1.82, 2.24) is 14.9 Å². The van der Waals surface area contributed by atoms with E-state index in [9.17, 15) is 4.79 Å². The Labute approximate surface area is 160 Å². The molecule has 1 aliphatic rings. The van der Waals surface area contributed by atoms with Gasteiger partial charge in [-0.1, -0.05) is 6.08 Å². The van der Waals surface area contributed by atoms with Gasteiger partial charge in [-0.3, -0.25) is 4.79 Å². The van der Waals surface area contributed by atoms with Crippen LogP contribution in [-0.2, 0) is 0 Å². The minimum Gasteiger partial charge on any atom is -0.369 e. The average molecular weight is 366 g/mol. The quantitative estimate of drug-likeness (QED) is 0.765. The Morgan fingerprint density at radius 2 is 1.89 bits per heavy atom. The first kappa shape index (κ1) is 18.8. The zero-order chi connectivity index (χ0) is 19.2. The molecule has 1 aromatic heterocycles.